The summed E-state index contributed by atoms with van der Waals surface area (Å²) in [6, 6.07) is 5.80. The molecule has 2 atom stereocenters. The minimum Gasteiger partial charge on any atom is -0.437 e. The van der Waals surface area contributed by atoms with Crippen LogP contribution >= 0.6 is 0 Å². The van der Waals surface area contributed by atoms with Gasteiger partial charge in [-0.05, 0) is 19.1 Å². The van der Waals surface area contributed by atoms with Crippen molar-refractivity contribution in [2.45, 2.75) is 32.2 Å². The maximum absolute atomic E-state index is 13.5. The number of hydrogen-bond acceptors (Lipinski definition) is 5. The number of pyridine rings is 1. The summed E-state index contributed by atoms with van der Waals surface area (Å²) in [4.78, 5) is 32.6. The summed E-state index contributed by atoms with van der Waals surface area (Å²) in [6.45, 7) is 2.43. The van der Waals surface area contributed by atoms with E-state index in [4.69, 9.17) is 4.74 Å². The van der Waals surface area contributed by atoms with E-state index in [1.54, 1.807) is 36.0 Å². The zero-order valence-electron chi connectivity index (χ0n) is 17.9. The Kier molecular flexibility index (Phi) is 5.34. The van der Waals surface area contributed by atoms with E-state index in [2.05, 4.69) is 15.4 Å². The van der Waals surface area contributed by atoms with Crippen molar-refractivity contribution < 1.29 is 27.5 Å². The molecule has 9 nitrogen and oxygen atoms in total. The number of carbonyl (C=O) groups excluding carboxylic acids is 2. The molecule has 1 aromatic carbocycles. The van der Waals surface area contributed by atoms with Crippen LogP contribution in [0, 0.1) is 17.5 Å². The second-order valence-electron chi connectivity index (χ2n) is 8.06. The summed E-state index contributed by atoms with van der Waals surface area (Å²) in [6.07, 6.45) is 2.05. The van der Waals surface area contributed by atoms with Gasteiger partial charge in [0, 0.05) is 24.0 Å². The average Bonchev–Trinajstić information content (AvgIpc) is 3.40. The van der Waals surface area contributed by atoms with Crippen LogP contribution in [0.3, 0.4) is 0 Å². The molecule has 176 valence electrons. The Morgan fingerprint density at radius 2 is 1.94 bits per heavy atom. The third-order valence-corrected chi connectivity index (χ3v) is 5.83. The summed E-state index contributed by atoms with van der Waals surface area (Å²) < 4.78 is 47.5. The topological polar surface area (TPSA) is 92.6 Å². The molecular formula is C22H19F3N6O3. The lowest BCUT2D eigenvalue weighted by Crippen LogP contribution is -2.47. The van der Waals surface area contributed by atoms with Gasteiger partial charge in [-0.2, -0.15) is 5.10 Å². The molecule has 34 heavy (non-hydrogen) atoms. The van der Waals surface area contributed by atoms with Crippen molar-refractivity contribution in [2.24, 2.45) is 0 Å². The lowest BCUT2D eigenvalue weighted by Gasteiger charge is -2.34. The Labute approximate surface area is 191 Å². The van der Waals surface area contributed by atoms with Gasteiger partial charge in [0.25, 0.3) is 0 Å². The van der Waals surface area contributed by atoms with Crippen molar-refractivity contribution in [3.05, 3.63) is 71.6 Å². The zero-order valence-corrected chi connectivity index (χ0v) is 17.9. The van der Waals surface area contributed by atoms with E-state index in [0.717, 1.165) is 0 Å². The highest BCUT2D eigenvalue weighted by molar-refractivity contribution is 5.91. The van der Waals surface area contributed by atoms with Crippen LogP contribution in [0.25, 0.3) is 0 Å². The molecule has 2 aliphatic heterocycles. The number of halogens is 3. The molecule has 0 radical (unpaired) electrons. The van der Waals surface area contributed by atoms with E-state index < -0.39 is 35.7 Å². The van der Waals surface area contributed by atoms with Gasteiger partial charge < -0.3 is 15.0 Å². The fourth-order valence-corrected chi connectivity index (χ4v) is 4.09. The van der Waals surface area contributed by atoms with Gasteiger partial charge in [0.1, 0.15) is 0 Å². The number of anilines is 2. The largest absolute Gasteiger partial charge is 0.437 e. The van der Waals surface area contributed by atoms with Gasteiger partial charge >= 0.3 is 12.1 Å². The molecule has 4 heterocycles. The number of hydrogen-bond donors (Lipinski definition) is 1. The number of benzene rings is 1. The zero-order chi connectivity index (χ0) is 24.0. The van der Waals surface area contributed by atoms with Crippen LogP contribution in [0.15, 0.2) is 42.7 Å². The van der Waals surface area contributed by atoms with Crippen molar-refractivity contribution >= 4 is 23.5 Å². The van der Waals surface area contributed by atoms with Crippen molar-refractivity contribution in [3.8, 4) is 0 Å². The first-order valence-electron chi connectivity index (χ1n) is 10.5. The molecule has 3 amide bonds. The van der Waals surface area contributed by atoms with Gasteiger partial charge in [0.2, 0.25) is 0 Å². The Morgan fingerprint density at radius 3 is 2.65 bits per heavy atom. The van der Waals surface area contributed by atoms with Crippen molar-refractivity contribution in [1.29, 1.82) is 0 Å². The number of fused-ring (bicyclic) bond motifs is 1. The first-order chi connectivity index (χ1) is 16.3. The number of urea groups is 1. The average molecular weight is 472 g/mol. The van der Waals surface area contributed by atoms with Crippen LogP contribution in [0.1, 0.15) is 24.4 Å². The number of cyclic esters (lactones) is 1. The van der Waals surface area contributed by atoms with Crippen LogP contribution < -0.4 is 10.2 Å². The molecule has 1 saturated heterocycles. The predicted octanol–water partition coefficient (Wildman–Crippen LogP) is 3.83. The van der Waals surface area contributed by atoms with E-state index in [1.165, 1.54) is 16.0 Å². The Morgan fingerprint density at radius 1 is 1.18 bits per heavy atom. The fourth-order valence-electron chi connectivity index (χ4n) is 4.09. The van der Waals surface area contributed by atoms with Crippen molar-refractivity contribution in [3.63, 3.8) is 0 Å². The minimum atomic E-state index is -1.61. The van der Waals surface area contributed by atoms with E-state index in [-0.39, 0.29) is 24.8 Å². The van der Waals surface area contributed by atoms with Crippen LogP contribution in [0.2, 0.25) is 0 Å². The van der Waals surface area contributed by atoms with Crippen LogP contribution in [0.4, 0.5) is 34.1 Å². The quantitative estimate of drug-likeness (QED) is 0.585. The Bertz CT molecular complexity index is 1250. The highest BCUT2D eigenvalue weighted by Gasteiger charge is 2.38. The first-order valence-corrected chi connectivity index (χ1v) is 10.5. The van der Waals surface area contributed by atoms with Gasteiger partial charge in [-0.15, -0.1) is 0 Å². The van der Waals surface area contributed by atoms with E-state index in [0.29, 0.717) is 35.8 Å². The second-order valence-corrected chi connectivity index (χ2v) is 8.06. The molecular weight excluding hydrogens is 453 g/mol. The Balaban J connectivity index is 1.36. The van der Waals surface area contributed by atoms with E-state index >= 15 is 0 Å². The summed E-state index contributed by atoms with van der Waals surface area (Å²) in [5.41, 5.74) is 1.50. The van der Waals surface area contributed by atoms with Gasteiger partial charge in [-0.25, -0.2) is 22.8 Å². The molecule has 5 rings (SSSR count). The molecule has 2 aromatic heterocycles. The number of carbonyl (C=O) groups is 2. The van der Waals surface area contributed by atoms with Crippen molar-refractivity contribution in [2.75, 3.05) is 16.8 Å². The number of aromatic nitrogens is 3. The maximum atomic E-state index is 13.5. The van der Waals surface area contributed by atoms with E-state index in [1.807, 2.05) is 0 Å². The summed E-state index contributed by atoms with van der Waals surface area (Å²) in [5, 5.41) is 6.74. The maximum Gasteiger partial charge on any atom is 0.415 e. The van der Waals surface area contributed by atoms with Crippen LogP contribution in [-0.4, -0.2) is 44.4 Å². The molecule has 12 heteroatoms. The van der Waals surface area contributed by atoms with Gasteiger partial charge in [-0.1, -0.05) is 6.07 Å². The van der Waals surface area contributed by atoms with Crippen LogP contribution in [0.5, 0.6) is 0 Å². The fraction of sp³-hybridized carbons (Fsp3) is 0.273. The number of nitrogens with one attached hydrogen (secondary N) is 1. The lowest BCUT2D eigenvalue weighted by molar-refractivity contribution is 0.140. The molecule has 0 spiro atoms. The van der Waals surface area contributed by atoms with Crippen LogP contribution in [-0.2, 0) is 17.8 Å². The number of nitrogens with zero attached hydrogens (tertiary/aromatic N) is 5. The monoisotopic (exact) mass is 472 g/mol. The highest BCUT2D eigenvalue weighted by Crippen LogP contribution is 2.34. The molecule has 0 aliphatic carbocycles. The highest BCUT2D eigenvalue weighted by atomic mass is 19.2. The summed E-state index contributed by atoms with van der Waals surface area (Å²) >= 11 is 0. The van der Waals surface area contributed by atoms with Gasteiger partial charge in [0.15, 0.2) is 23.6 Å². The summed E-state index contributed by atoms with van der Waals surface area (Å²) in [7, 11) is 0. The second kappa shape index (κ2) is 8.36. The first kappa shape index (κ1) is 21.7. The normalized spacial score (nSPS) is 19.7. The van der Waals surface area contributed by atoms with Gasteiger partial charge in [0.05, 0.1) is 48.9 Å². The lowest BCUT2D eigenvalue weighted by atomic mass is 10.1. The SMILES string of the molecule is C[C@H]1Cn2ncc(N3CC(c4ccccn4)OC3=O)c2CN1C(=O)Nc1cc(F)c(F)c(F)c1. The molecule has 0 bridgehead atoms. The molecule has 1 fully saturated rings. The summed E-state index contributed by atoms with van der Waals surface area (Å²) in [5.74, 6) is -4.42. The molecule has 1 N–H and O–H groups in total. The minimum absolute atomic E-state index is 0.0759. The molecule has 2 aliphatic rings. The Hall–Kier alpha value is -4.09. The number of ether oxygens (including phenoxy) is 1. The standard InChI is InChI=1S/C22H19F3N6O3/c1-12-9-31-18(10-29(12)21(32)28-13-6-14(23)20(25)15(24)7-13)17(8-27-31)30-11-19(34-22(30)33)16-4-2-3-5-26-16/h2-8,12,19H,9-11H2,1H3,(H,28,32)/t12-,19?/m0/s1. The molecule has 0 saturated carbocycles. The number of amides is 3. The molecule has 1 unspecified atom stereocenters. The number of rotatable bonds is 3. The smallest absolute Gasteiger partial charge is 0.415 e. The molecule has 3 aromatic rings. The third kappa shape index (κ3) is 3.80. The van der Waals surface area contributed by atoms with Crippen molar-refractivity contribution in [1.82, 2.24) is 19.7 Å². The van der Waals surface area contributed by atoms with Gasteiger partial charge in [-0.3, -0.25) is 14.6 Å². The third-order valence-electron chi connectivity index (χ3n) is 5.83. The van der Waals surface area contributed by atoms with E-state index in [9.17, 15) is 22.8 Å². The predicted molar refractivity (Wildman–Crippen MR) is 113 cm³/mol.